The van der Waals surface area contributed by atoms with Crippen molar-refractivity contribution in [3.8, 4) is 0 Å². The first-order valence-corrected chi connectivity index (χ1v) is 8.73. The number of hydrogen-bond donors (Lipinski definition) is 1. The van der Waals surface area contributed by atoms with Gasteiger partial charge in [-0.3, -0.25) is 4.79 Å². The van der Waals surface area contributed by atoms with Crippen LogP contribution < -0.4 is 0 Å². The predicted octanol–water partition coefficient (Wildman–Crippen LogP) is 3.72. The van der Waals surface area contributed by atoms with Gasteiger partial charge in [-0.15, -0.1) is 0 Å². The molecule has 1 aliphatic rings. The standard InChI is InChI=1S/C16H19F2N3OS/c1-10(15(22)21-6-4-2-3-5-7-21)23-16-19-13-8-11(17)12(18)9-14(13)20-16/h8-10H,2-7H2,1H3,(H,19,20)/t10-/m0/s1. The third-order valence-electron chi connectivity index (χ3n) is 4.06. The zero-order valence-electron chi connectivity index (χ0n) is 12.9. The quantitative estimate of drug-likeness (QED) is 0.867. The molecule has 0 unspecified atom stereocenters. The van der Waals surface area contributed by atoms with Gasteiger partial charge in [0.15, 0.2) is 16.8 Å². The lowest BCUT2D eigenvalue weighted by atomic mass is 10.2. The first-order chi connectivity index (χ1) is 11.0. The van der Waals surface area contributed by atoms with E-state index in [1.165, 1.54) is 24.6 Å². The number of benzene rings is 1. The van der Waals surface area contributed by atoms with Gasteiger partial charge in [0.05, 0.1) is 16.3 Å². The van der Waals surface area contributed by atoms with Crippen molar-refractivity contribution in [2.45, 2.75) is 43.0 Å². The molecule has 1 aliphatic heterocycles. The van der Waals surface area contributed by atoms with E-state index in [1.807, 2.05) is 11.8 Å². The molecule has 124 valence electrons. The zero-order valence-corrected chi connectivity index (χ0v) is 13.8. The molecule has 1 N–H and O–H groups in total. The van der Waals surface area contributed by atoms with Gasteiger partial charge in [-0.25, -0.2) is 13.8 Å². The Balaban J connectivity index is 1.71. The number of halogens is 2. The summed E-state index contributed by atoms with van der Waals surface area (Å²) in [6.45, 7) is 3.45. The summed E-state index contributed by atoms with van der Waals surface area (Å²) >= 11 is 1.29. The molecule has 2 heterocycles. The number of aromatic amines is 1. The number of carbonyl (C=O) groups excluding carboxylic acids is 1. The monoisotopic (exact) mass is 339 g/mol. The Kier molecular flexibility index (Phi) is 4.84. The molecule has 4 nitrogen and oxygen atoms in total. The molecule has 1 aromatic heterocycles. The number of amides is 1. The van der Waals surface area contributed by atoms with Gasteiger partial charge >= 0.3 is 0 Å². The van der Waals surface area contributed by atoms with Crippen LogP contribution in [0, 0.1) is 11.6 Å². The topological polar surface area (TPSA) is 49.0 Å². The van der Waals surface area contributed by atoms with Crippen LogP contribution in [-0.4, -0.2) is 39.1 Å². The second-order valence-electron chi connectivity index (χ2n) is 5.83. The second kappa shape index (κ2) is 6.86. The van der Waals surface area contributed by atoms with Crippen LogP contribution in [0.2, 0.25) is 0 Å². The minimum absolute atomic E-state index is 0.0923. The molecule has 0 radical (unpaired) electrons. The van der Waals surface area contributed by atoms with Gasteiger partial charge < -0.3 is 9.88 Å². The van der Waals surface area contributed by atoms with Crippen molar-refractivity contribution in [3.63, 3.8) is 0 Å². The maximum Gasteiger partial charge on any atom is 0.235 e. The highest BCUT2D eigenvalue weighted by atomic mass is 32.2. The molecule has 2 aromatic rings. The number of carbonyl (C=O) groups is 1. The van der Waals surface area contributed by atoms with Crippen LogP contribution in [0.4, 0.5) is 8.78 Å². The normalized spacial score (nSPS) is 17.3. The SMILES string of the molecule is C[C@H](Sc1nc2cc(F)c(F)cc2[nH]1)C(=O)N1CCCCCC1. The number of fused-ring (bicyclic) bond motifs is 1. The van der Waals surface area contributed by atoms with Gasteiger partial charge in [0.1, 0.15) is 0 Å². The van der Waals surface area contributed by atoms with Gasteiger partial charge in [0.2, 0.25) is 5.91 Å². The molecule has 0 saturated carbocycles. The third kappa shape index (κ3) is 3.65. The van der Waals surface area contributed by atoms with Gasteiger partial charge in [0, 0.05) is 25.2 Å². The van der Waals surface area contributed by atoms with E-state index in [-0.39, 0.29) is 11.2 Å². The summed E-state index contributed by atoms with van der Waals surface area (Å²) < 4.78 is 26.5. The van der Waals surface area contributed by atoms with Crippen molar-refractivity contribution in [3.05, 3.63) is 23.8 Å². The Bertz CT molecular complexity index is 672. The fraction of sp³-hybridized carbons (Fsp3) is 0.500. The van der Waals surface area contributed by atoms with Crippen LogP contribution in [0.5, 0.6) is 0 Å². The summed E-state index contributed by atoms with van der Waals surface area (Å²) in [4.78, 5) is 21.6. The van der Waals surface area contributed by atoms with E-state index in [0.717, 1.165) is 38.1 Å². The summed E-state index contributed by atoms with van der Waals surface area (Å²) in [5.41, 5.74) is 0.793. The Morgan fingerprint density at radius 1 is 1.22 bits per heavy atom. The number of likely N-dealkylation sites (tertiary alicyclic amines) is 1. The number of thioether (sulfide) groups is 1. The Labute approximate surface area is 137 Å². The summed E-state index contributed by atoms with van der Waals surface area (Å²) in [6, 6.07) is 2.15. The molecule has 0 spiro atoms. The first kappa shape index (κ1) is 16.2. The molecular formula is C16H19F2N3OS. The van der Waals surface area contributed by atoms with Gasteiger partial charge in [0.25, 0.3) is 0 Å². The van der Waals surface area contributed by atoms with Crippen LogP contribution >= 0.6 is 11.8 Å². The minimum atomic E-state index is -0.922. The van der Waals surface area contributed by atoms with E-state index in [0.29, 0.717) is 16.2 Å². The minimum Gasteiger partial charge on any atom is -0.342 e. The predicted molar refractivity (Wildman–Crippen MR) is 86.4 cm³/mol. The van der Waals surface area contributed by atoms with E-state index in [2.05, 4.69) is 9.97 Å². The Morgan fingerprint density at radius 2 is 1.87 bits per heavy atom. The van der Waals surface area contributed by atoms with Crippen LogP contribution in [0.1, 0.15) is 32.6 Å². The summed E-state index contributed by atoms with van der Waals surface area (Å²) in [5, 5.41) is 0.212. The summed E-state index contributed by atoms with van der Waals surface area (Å²) in [7, 11) is 0. The van der Waals surface area contributed by atoms with Crippen LogP contribution in [0.3, 0.4) is 0 Å². The molecule has 0 aliphatic carbocycles. The lowest BCUT2D eigenvalue weighted by Gasteiger charge is -2.23. The molecule has 1 saturated heterocycles. The molecule has 0 bridgehead atoms. The largest absolute Gasteiger partial charge is 0.342 e. The van der Waals surface area contributed by atoms with E-state index >= 15 is 0 Å². The van der Waals surface area contributed by atoms with Crippen molar-refractivity contribution in [1.82, 2.24) is 14.9 Å². The lowest BCUT2D eigenvalue weighted by Crippen LogP contribution is -2.37. The van der Waals surface area contributed by atoms with E-state index in [4.69, 9.17) is 0 Å². The molecule has 23 heavy (non-hydrogen) atoms. The van der Waals surface area contributed by atoms with E-state index in [9.17, 15) is 13.6 Å². The van der Waals surface area contributed by atoms with Gasteiger partial charge in [-0.1, -0.05) is 24.6 Å². The molecule has 3 rings (SSSR count). The lowest BCUT2D eigenvalue weighted by molar-refractivity contribution is -0.130. The van der Waals surface area contributed by atoms with Crippen LogP contribution in [0.15, 0.2) is 17.3 Å². The second-order valence-corrected chi connectivity index (χ2v) is 7.15. The average molecular weight is 339 g/mol. The fourth-order valence-corrected chi connectivity index (χ4v) is 3.71. The van der Waals surface area contributed by atoms with E-state index in [1.54, 1.807) is 0 Å². The molecule has 1 fully saturated rings. The van der Waals surface area contributed by atoms with Crippen molar-refractivity contribution in [1.29, 1.82) is 0 Å². The first-order valence-electron chi connectivity index (χ1n) is 7.85. The van der Waals surface area contributed by atoms with Gasteiger partial charge in [-0.05, 0) is 19.8 Å². The van der Waals surface area contributed by atoms with Crippen molar-refractivity contribution >= 4 is 28.7 Å². The number of nitrogens with zero attached hydrogens (tertiary/aromatic N) is 2. The highest BCUT2D eigenvalue weighted by Gasteiger charge is 2.23. The van der Waals surface area contributed by atoms with Crippen molar-refractivity contribution in [2.75, 3.05) is 13.1 Å². The van der Waals surface area contributed by atoms with Crippen molar-refractivity contribution in [2.24, 2.45) is 0 Å². The highest BCUT2D eigenvalue weighted by molar-refractivity contribution is 8.00. The maximum absolute atomic E-state index is 13.2. The number of H-pyrrole nitrogens is 1. The van der Waals surface area contributed by atoms with Gasteiger partial charge in [-0.2, -0.15) is 0 Å². The van der Waals surface area contributed by atoms with E-state index < -0.39 is 11.6 Å². The van der Waals surface area contributed by atoms with Crippen LogP contribution in [-0.2, 0) is 4.79 Å². The fourth-order valence-electron chi connectivity index (χ4n) is 2.80. The molecule has 1 aromatic carbocycles. The summed E-state index contributed by atoms with van der Waals surface area (Å²) in [6.07, 6.45) is 4.44. The number of hydrogen-bond acceptors (Lipinski definition) is 3. The Hall–Kier alpha value is -1.63. The number of rotatable bonds is 3. The number of aromatic nitrogens is 2. The maximum atomic E-state index is 13.2. The smallest absolute Gasteiger partial charge is 0.235 e. The third-order valence-corrected chi connectivity index (χ3v) is 5.03. The summed E-state index contributed by atoms with van der Waals surface area (Å²) in [5.74, 6) is -1.74. The molecule has 1 atom stereocenters. The molecular weight excluding hydrogens is 320 g/mol. The number of imidazole rings is 1. The zero-order chi connectivity index (χ0) is 16.4. The molecule has 7 heteroatoms. The highest BCUT2D eigenvalue weighted by Crippen LogP contribution is 2.26. The molecule has 1 amide bonds. The van der Waals surface area contributed by atoms with Crippen LogP contribution in [0.25, 0.3) is 11.0 Å². The average Bonchev–Trinajstić information content (AvgIpc) is 2.74. The Morgan fingerprint density at radius 3 is 2.57 bits per heavy atom. The van der Waals surface area contributed by atoms with Crippen molar-refractivity contribution < 1.29 is 13.6 Å². The number of nitrogens with one attached hydrogen (secondary N) is 1.